The van der Waals surface area contributed by atoms with Crippen molar-refractivity contribution in [3.05, 3.63) is 35.0 Å². The first-order chi connectivity index (χ1) is 10.2. The summed E-state index contributed by atoms with van der Waals surface area (Å²) in [6.45, 7) is 2.34. The second-order valence-corrected chi connectivity index (χ2v) is 6.90. The summed E-state index contributed by atoms with van der Waals surface area (Å²) in [5, 5.41) is 4.68. The van der Waals surface area contributed by atoms with E-state index in [-0.39, 0.29) is 5.91 Å². The highest BCUT2D eigenvalue weighted by molar-refractivity contribution is 8.01. The van der Waals surface area contributed by atoms with Crippen LogP contribution in [0.5, 0.6) is 0 Å². The van der Waals surface area contributed by atoms with Gasteiger partial charge in [-0.2, -0.15) is 0 Å². The third-order valence-electron chi connectivity index (χ3n) is 2.98. The number of benzene rings is 1. The van der Waals surface area contributed by atoms with Crippen molar-refractivity contribution in [2.75, 3.05) is 26.3 Å². The van der Waals surface area contributed by atoms with Gasteiger partial charge in [0.05, 0.1) is 13.2 Å². The topological polar surface area (TPSA) is 55.3 Å². The van der Waals surface area contributed by atoms with Gasteiger partial charge in [-0.25, -0.2) is 0 Å². The van der Waals surface area contributed by atoms with E-state index in [1.54, 1.807) is 4.90 Å². The van der Waals surface area contributed by atoms with E-state index in [4.69, 9.17) is 16.3 Å². The average molecular weight is 342 g/mol. The van der Waals surface area contributed by atoms with Gasteiger partial charge >= 0.3 is 0 Å². The summed E-state index contributed by atoms with van der Waals surface area (Å²) in [7, 11) is 0. The first-order valence-corrected chi connectivity index (χ1v) is 8.33. The van der Waals surface area contributed by atoms with Crippen molar-refractivity contribution in [2.45, 2.75) is 9.10 Å². The lowest BCUT2D eigenvalue weighted by atomic mass is 10.3. The Kier molecular flexibility index (Phi) is 4.74. The molecule has 1 aromatic heterocycles. The van der Waals surface area contributed by atoms with Gasteiger partial charge in [0, 0.05) is 23.0 Å². The van der Waals surface area contributed by atoms with Crippen LogP contribution in [0.15, 0.2) is 33.4 Å². The Morgan fingerprint density at radius 2 is 2.00 bits per heavy atom. The molecule has 0 radical (unpaired) electrons. The number of hydrogen-bond donors (Lipinski definition) is 0. The Labute approximate surface area is 135 Å². The Morgan fingerprint density at radius 1 is 1.29 bits per heavy atom. The predicted octanol–water partition coefficient (Wildman–Crippen LogP) is 2.82. The van der Waals surface area contributed by atoms with Gasteiger partial charge in [0.15, 0.2) is 5.69 Å². The van der Waals surface area contributed by atoms with E-state index in [1.165, 1.54) is 23.3 Å². The lowest BCUT2D eigenvalue weighted by Gasteiger charge is -2.26. The number of halogens is 1. The number of carbonyl (C=O) groups excluding carboxylic acids is 1. The summed E-state index contributed by atoms with van der Waals surface area (Å²) in [5.74, 6) is -0.0801. The van der Waals surface area contributed by atoms with Crippen LogP contribution in [0.2, 0.25) is 5.02 Å². The molecule has 2 aromatic rings. The number of amides is 1. The van der Waals surface area contributed by atoms with E-state index in [0.29, 0.717) is 37.0 Å². The maximum atomic E-state index is 12.5. The van der Waals surface area contributed by atoms with Crippen LogP contribution in [-0.2, 0) is 4.74 Å². The Hall–Kier alpha value is -1.15. The molecule has 1 amide bonds. The quantitative estimate of drug-likeness (QED) is 0.859. The second kappa shape index (κ2) is 6.74. The highest BCUT2D eigenvalue weighted by Gasteiger charge is 2.24. The molecule has 0 bridgehead atoms. The molecule has 0 saturated carbocycles. The molecule has 0 spiro atoms. The minimum atomic E-state index is -0.0801. The monoisotopic (exact) mass is 341 g/mol. The van der Waals surface area contributed by atoms with Gasteiger partial charge < -0.3 is 9.64 Å². The molecule has 1 saturated heterocycles. The Bertz CT molecular complexity index is 627. The van der Waals surface area contributed by atoms with Gasteiger partial charge in [-0.3, -0.25) is 4.79 Å². The highest BCUT2D eigenvalue weighted by atomic mass is 35.5. The van der Waals surface area contributed by atoms with Crippen molar-refractivity contribution in [3.63, 3.8) is 0 Å². The minimum absolute atomic E-state index is 0.0801. The van der Waals surface area contributed by atoms with E-state index in [9.17, 15) is 4.79 Å². The zero-order valence-corrected chi connectivity index (χ0v) is 13.4. The maximum Gasteiger partial charge on any atom is 0.276 e. The second-order valence-electron chi connectivity index (χ2n) is 4.37. The maximum absolute atomic E-state index is 12.5. The van der Waals surface area contributed by atoms with Crippen LogP contribution in [0.4, 0.5) is 0 Å². The molecule has 1 aliphatic rings. The molecule has 2 heterocycles. The zero-order chi connectivity index (χ0) is 14.7. The minimum Gasteiger partial charge on any atom is -0.378 e. The van der Waals surface area contributed by atoms with E-state index in [1.807, 2.05) is 24.3 Å². The molecule has 1 fully saturated rings. The average Bonchev–Trinajstić information content (AvgIpc) is 2.98. The van der Waals surface area contributed by atoms with Crippen molar-refractivity contribution in [1.82, 2.24) is 14.5 Å². The summed E-state index contributed by atoms with van der Waals surface area (Å²) in [4.78, 5) is 15.2. The van der Waals surface area contributed by atoms with Crippen molar-refractivity contribution < 1.29 is 9.53 Å². The number of aromatic nitrogens is 2. The van der Waals surface area contributed by atoms with Gasteiger partial charge in [0.2, 0.25) is 0 Å². The molecule has 1 aliphatic heterocycles. The lowest BCUT2D eigenvalue weighted by molar-refractivity contribution is 0.0297. The molecule has 0 atom stereocenters. The van der Waals surface area contributed by atoms with Crippen LogP contribution in [0.1, 0.15) is 10.5 Å². The fourth-order valence-corrected chi connectivity index (χ4v) is 3.69. The van der Waals surface area contributed by atoms with E-state index in [2.05, 4.69) is 9.59 Å². The van der Waals surface area contributed by atoms with Gasteiger partial charge in [0.1, 0.15) is 4.21 Å². The molecule has 1 aromatic carbocycles. The van der Waals surface area contributed by atoms with E-state index in [0.717, 1.165) is 9.10 Å². The lowest BCUT2D eigenvalue weighted by Crippen LogP contribution is -2.41. The number of morpholine rings is 1. The summed E-state index contributed by atoms with van der Waals surface area (Å²) in [6.07, 6.45) is 0. The Morgan fingerprint density at radius 3 is 2.71 bits per heavy atom. The molecule has 8 heteroatoms. The van der Waals surface area contributed by atoms with Crippen LogP contribution in [0, 0.1) is 0 Å². The largest absolute Gasteiger partial charge is 0.378 e. The normalized spacial score (nSPS) is 15.2. The molecule has 5 nitrogen and oxygen atoms in total. The number of ether oxygens (including phenoxy) is 1. The summed E-state index contributed by atoms with van der Waals surface area (Å²) < 4.78 is 9.98. The molecule has 110 valence electrons. The van der Waals surface area contributed by atoms with Crippen LogP contribution < -0.4 is 0 Å². The first kappa shape index (κ1) is 14.8. The number of hydrogen-bond acceptors (Lipinski definition) is 6. The van der Waals surface area contributed by atoms with E-state index < -0.39 is 0 Å². The third kappa shape index (κ3) is 3.55. The number of nitrogens with zero attached hydrogens (tertiary/aromatic N) is 3. The van der Waals surface area contributed by atoms with Crippen molar-refractivity contribution >= 4 is 40.8 Å². The third-order valence-corrected chi connectivity index (χ3v) is 5.12. The van der Waals surface area contributed by atoms with Gasteiger partial charge in [-0.05, 0) is 35.8 Å². The summed E-state index contributed by atoms with van der Waals surface area (Å²) in [5.41, 5.74) is 0.418. The smallest absolute Gasteiger partial charge is 0.276 e. The highest BCUT2D eigenvalue weighted by Crippen LogP contribution is 2.33. The molecule has 21 heavy (non-hydrogen) atoms. The van der Waals surface area contributed by atoms with Gasteiger partial charge in [0.25, 0.3) is 5.91 Å². The molecular weight excluding hydrogens is 330 g/mol. The number of rotatable bonds is 3. The summed E-state index contributed by atoms with van der Waals surface area (Å²) in [6, 6.07) is 7.47. The Balaban J connectivity index is 1.76. The molecule has 3 rings (SSSR count). The SMILES string of the molecule is O=C(c1nnsc1Sc1ccc(Cl)cc1)N1CCOCC1. The van der Waals surface area contributed by atoms with Crippen LogP contribution in [0.25, 0.3) is 0 Å². The molecular formula is C13H12ClN3O2S2. The fourth-order valence-electron chi connectivity index (χ4n) is 1.91. The molecule has 0 aliphatic carbocycles. The molecule has 0 unspecified atom stereocenters. The first-order valence-electron chi connectivity index (χ1n) is 6.37. The summed E-state index contributed by atoms with van der Waals surface area (Å²) >= 11 is 8.58. The van der Waals surface area contributed by atoms with Crippen molar-refractivity contribution in [1.29, 1.82) is 0 Å². The molecule has 0 N–H and O–H groups in total. The van der Waals surface area contributed by atoms with Crippen molar-refractivity contribution in [2.24, 2.45) is 0 Å². The number of carbonyl (C=O) groups is 1. The van der Waals surface area contributed by atoms with E-state index >= 15 is 0 Å². The van der Waals surface area contributed by atoms with Gasteiger partial charge in [-0.1, -0.05) is 27.9 Å². The van der Waals surface area contributed by atoms with Crippen LogP contribution in [0.3, 0.4) is 0 Å². The van der Waals surface area contributed by atoms with Gasteiger partial charge in [-0.15, -0.1) is 5.10 Å². The standard InChI is InChI=1S/C13H12ClN3O2S2/c14-9-1-3-10(4-2-9)20-13-11(15-16-21-13)12(18)17-5-7-19-8-6-17/h1-4H,5-8H2. The van der Waals surface area contributed by atoms with Crippen LogP contribution in [-0.4, -0.2) is 46.7 Å². The zero-order valence-electron chi connectivity index (χ0n) is 11.0. The predicted molar refractivity (Wildman–Crippen MR) is 82.2 cm³/mol. The van der Waals surface area contributed by atoms with Crippen LogP contribution >= 0.6 is 34.9 Å². The van der Waals surface area contributed by atoms with Crippen molar-refractivity contribution in [3.8, 4) is 0 Å². The fraction of sp³-hybridized carbons (Fsp3) is 0.308.